The number of aliphatic imine (C=N–C) groups is 1. The first kappa shape index (κ1) is 13.3. The average molecular weight is 263 g/mol. The van der Waals surface area contributed by atoms with E-state index in [9.17, 15) is 0 Å². The van der Waals surface area contributed by atoms with E-state index < -0.39 is 0 Å². The molecule has 1 saturated heterocycles. The van der Waals surface area contributed by atoms with Crippen LogP contribution >= 0.6 is 0 Å². The monoisotopic (exact) mass is 263 g/mol. The highest BCUT2D eigenvalue weighted by atomic mass is 15.3. The van der Waals surface area contributed by atoms with E-state index in [4.69, 9.17) is 0 Å². The second-order valence-electron chi connectivity index (χ2n) is 6.96. The van der Waals surface area contributed by atoms with E-state index in [0.717, 1.165) is 5.92 Å². The average Bonchev–Trinajstić information content (AvgIpc) is 2.85. The number of guanidine groups is 1. The summed E-state index contributed by atoms with van der Waals surface area (Å²) < 4.78 is 0. The highest BCUT2D eigenvalue weighted by Gasteiger charge is 2.43. The number of nitrogens with zero attached hydrogens (tertiary/aromatic N) is 2. The van der Waals surface area contributed by atoms with Crippen molar-refractivity contribution in [1.29, 1.82) is 0 Å². The highest BCUT2D eigenvalue weighted by Crippen LogP contribution is 2.45. The van der Waals surface area contributed by atoms with Gasteiger partial charge in [-0.05, 0) is 43.4 Å². The van der Waals surface area contributed by atoms with Gasteiger partial charge in [0.05, 0.1) is 0 Å². The van der Waals surface area contributed by atoms with E-state index in [0.29, 0.717) is 11.5 Å². The quantitative estimate of drug-likeness (QED) is 0.626. The Hall–Kier alpha value is -0.730. The van der Waals surface area contributed by atoms with Gasteiger partial charge in [-0.3, -0.25) is 4.99 Å². The van der Waals surface area contributed by atoms with E-state index in [1.165, 1.54) is 70.4 Å². The fraction of sp³-hybridized carbons (Fsp3) is 0.938. The van der Waals surface area contributed by atoms with Crippen LogP contribution in [0.2, 0.25) is 0 Å². The van der Waals surface area contributed by atoms with Crippen molar-refractivity contribution in [2.75, 3.05) is 20.1 Å². The van der Waals surface area contributed by atoms with Crippen molar-refractivity contribution in [2.24, 2.45) is 16.3 Å². The first-order valence-electron chi connectivity index (χ1n) is 8.24. The third kappa shape index (κ3) is 2.75. The lowest BCUT2D eigenvalue weighted by molar-refractivity contribution is 0.309. The van der Waals surface area contributed by atoms with Gasteiger partial charge < -0.3 is 10.2 Å². The van der Waals surface area contributed by atoms with Crippen LogP contribution in [-0.4, -0.2) is 37.0 Å². The molecule has 2 unspecified atom stereocenters. The Kier molecular flexibility index (Phi) is 3.72. The summed E-state index contributed by atoms with van der Waals surface area (Å²) in [5, 5.41) is 3.70. The van der Waals surface area contributed by atoms with Crippen LogP contribution < -0.4 is 5.32 Å². The maximum absolute atomic E-state index is 4.53. The minimum absolute atomic E-state index is 0.643. The summed E-state index contributed by atoms with van der Waals surface area (Å²) in [5.41, 5.74) is 0.643. The van der Waals surface area contributed by atoms with Gasteiger partial charge in [0.1, 0.15) is 0 Å². The molecule has 2 saturated carbocycles. The Balaban J connectivity index is 1.53. The van der Waals surface area contributed by atoms with E-state index in [1.807, 2.05) is 7.05 Å². The van der Waals surface area contributed by atoms with Gasteiger partial charge in [0.15, 0.2) is 5.96 Å². The van der Waals surface area contributed by atoms with Crippen molar-refractivity contribution in [3.63, 3.8) is 0 Å². The number of hydrogen-bond donors (Lipinski definition) is 1. The molecule has 0 aromatic heterocycles. The van der Waals surface area contributed by atoms with Crippen LogP contribution in [0.15, 0.2) is 4.99 Å². The Bertz CT molecular complexity index is 344. The summed E-state index contributed by atoms with van der Waals surface area (Å²) in [6.45, 7) is 4.75. The van der Waals surface area contributed by atoms with Gasteiger partial charge in [-0.25, -0.2) is 0 Å². The fourth-order valence-electron chi connectivity index (χ4n) is 4.23. The van der Waals surface area contributed by atoms with Crippen LogP contribution in [0.25, 0.3) is 0 Å². The van der Waals surface area contributed by atoms with Crippen LogP contribution in [0, 0.1) is 11.3 Å². The van der Waals surface area contributed by atoms with Crippen LogP contribution in [-0.2, 0) is 0 Å². The smallest absolute Gasteiger partial charge is 0.193 e. The molecule has 3 rings (SSSR count). The molecule has 0 aromatic carbocycles. The molecule has 3 aliphatic rings. The van der Waals surface area contributed by atoms with Gasteiger partial charge in [-0.15, -0.1) is 0 Å². The molecule has 0 aromatic rings. The zero-order chi connectivity index (χ0) is 13.3. The van der Waals surface area contributed by atoms with Crippen molar-refractivity contribution < 1.29 is 0 Å². The zero-order valence-corrected chi connectivity index (χ0v) is 12.6. The predicted molar refractivity (Wildman–Crippen MR) is 80.4 cm³/mol. The normalized spacial score (nSPS) is 33.2. The van der Waals surface area contributed by atoms with Crippen LogP contribution in [0.3, 0.4) is 0 Å². The van der Waals surface area contributed by atoms with E-state index in [1.54, 1.807) is 0 Å². The molecular weight excluding hydrogens is 234 g/mol. The van der Waals surface area contributed by atoms with Crippen molar-refractivity contribution in [3.8, 4) is 0 Å². The molecule has 19 heavy (non-hydrogen) atoms. The molecule has 3 nitrogen and oxygen atoms in total. The topological polar surface area (TPSA) is 27.6 Å². The molecule has 2 atom stereocenters. The largest absolute Gasteiger partial charge is 0.353 e. The van der Waals surface area contributed by atoms with Crippen molar-refractivity contribution >= 4 is 5.96 Å². The Morgan fingerprint density at radius 1 is 1.32 bits per heavy atom. The van der Waals surface area contributed by atoms with Crippen molar-refractivity contribution in [1.82, 2.24) is 10.2 Å². The van der Waals surface area contributed by atoms with E-state index in [2.05, 4.69) is 22.1 Å². The van der Waals surface area contributed by atoms with Gasteiger partial charge in [0.2, 0.25) is 0 Å². The molecule has 1 heterocycles. The third-order valence-corrected chi connectivity index (χ3v) is 5.51. The highest BCUT2D eigenvalue weighted by molar-refractivity contribution is 5.81. The molecule has 108 valence electrons. The van der Waals surface area contributed by atoms with Gasteiger partial charge in [-0.2, -0.15) is 0 Å². The molecule has 0 amide bonds. The second kappa shape index (κ2) is 5.34. The van der Waals surface area contributed by atoms with Crippen molar-refractivity contribution in [2.45, 2.75) is 64.3 Å². The molecule has 3 heteroatoms. The van der Waals surface area contributed by atoms with Crippen LogP contribution in [0.4, 0.5) is 0 Å². The Labute approximate surface area is 117 Å². The van der Waals surface area contributed by atoms with Crippen molar-refractivity contribution in [3.05, 3.63) is 0 Å². The summed E-state index contributed by atoms with van der Waals surface area (Å²) in [7, 11) is 1.94. The Morgan fingerprint density at radius 3 is 2.79 bits per heavy atom. The molecule has 1 N–H and O–H groups in total. The van der Waals surface area contributed by atoms with Crippen LogP contribution in [0.1, 0.15) is 58.3 Å². The minimum atomic E-state index is 0.643. The molecule has 1 aliphatic heterocycles. The molecule has 3 fully saturated rings. The first-order chi connectivity index (χ1) is 9.26. The zero-order valence-electron chi connectivity index (χ0n) is 12.6. The van der Waals surface area contributed by atoms with Gasteiger partial charge in [-0.1, -0.05) is 26.2 Å². The lowest BCUT2D eigenvalue weighted by Crippen LogP contribution is -2.42. The fourth-order valence-corrected chi connectivity index (χ4v) is 4.23. The lowest BCUT2D eigenvalue weighted by atomic mass is 9.86. The molecule has 2 aliphatic carbocycles. The maximum atomic E-state index is 4.53. The van der Waals surface area contributed by atoms with E-state index >= 15 is 0 Å². The molecule has 0 radical (unpaired) electrons. The van der Waals surface area contributed by atoms with Crippen LogP contribution in [0.5, 0.6) is 0 Å². The standard InChI is InChI=1S/C16H29N3/c1-3-6-13-11-14(13)18-15(17-2)19-10-9-16(12-19)7-4-5-8-16/h13-14H,3-12H2,1-2H3,(H,17,18). The number of rotatable bonds is 3. The minimum Gasteiger partial charge on any atom is -0.353 e. The summed E-state index contributed by atoms with van der Waals surface area (Å²) >= 11 is 0. The number of hydrogen-bond acceptors (Lipinski definition) is 1. The first-order valence-corrected chi connectivity index (χ1v) is 8.24. The molecular formula is C16H29N3. The number of nitrogens with one attached hydrogen (secondary N) is 1. The summed E-state index contributed by atoms with van der Waals surface area (Å²) in [6, 6.07) is 0.707. The third-order valence-electron chi connectivity index (χ3n) is 5.51. The SMILES string of the molecule is CCCC1CC1NC(=NC)N1CCC2(CCCC2)C1. The summed E-state index contributed by atoms with van der Waals surface area (Å²) in [5.74, 6) is 2.08. The summed E-state index contributed by atoms with van der Waals surface area (Å²) in [4.78, 5) is 7.05. The molecule has 1 spiro atoms. The van der Waals surface area contributed by atoms with Gasteiger partial charge in [0.25, 0.3) is 0 Å². The molecule has 0 bridgehead atoms. The number of likely N-dealkylation sites (tertiary alicyclic amines) is 1. The van der Waals surface area contributed by atoms with Gasteiger partial charge >= 0.3 is 0 Å². The second-order valence-corrected chi connectivity index (χ2v) is 6.96. The maximum Gasteiger partial charge on any atom is 0.193 e. The van der Waals surface area contributed by atoms with Gasteiger partial charge in [0, 0.05) is 26.2 Å². The summed E-state index contributed by atoms with van der Waals surface area (Å²) in [6.07, 6.45) is 11.2. The Morgan fingerprint density at radius 2 is 2.11 bits per heavy atom. The van der Waals surface area contributed by atoms with E-state index in [-0.39, 0.29) is 0 Å². The lowest BCUT2D eigenvalue weighted by Gasteiger charge is -2.26. The predicted octanol–water partition coefficient (Wildman–Crippen LogP) is 3.02.